The van der Waals surface area contributed by atoms with Crippen LogP contribution >= 0.6 is 0 Å². The Morgan fingerprint density at radius 3 is 3.00 bits per heavy atom. The van der Waals surface area contributed by atoms with Gasteiger partial charge in [-0.3, -0.25) is 4.84 Å². The number of hydrogen-bond donors (Lipinski definition) is 1. The second kappa shape index (κ2) is 4.16. The van der Waals surface area contributed by atoms with Gasteiger partial charge in [-0.15, -0.1) is 0 Å². The van der Waals surface area contributed by atoms with Crippen molar-refractivity contribution in [2.75, 3.05) is 0 Å². The standard InChI is InChI=1S/C8H13NO2/c1-7(2)11-9-5-8-3-4-10-6-8/h3-4,6-7,9H,5H2,1-2H3. The van der Waals surface area contributed by atoms with Gasteiger partial charge in [0.15, 0.2) is 0 Å². The molecule has 11 heavy (non-hydrogen) atoms. The summed E-state index contributed by atoms with van der Waals surface area (Å²) in [5, 5.41) is 0. The van der Waals surface area contributed by atoms with Crippen LogP contribution < -0.4 is 5.48 Å². The van der Waals surface area contributed by atoms with Gasteiger partial charge in [-0.05, 0) is 19.9 Å². The van der Waals surface area contributed by atoms with Crippen LogP contribution in [-0.2, 0) is 11.4 Å². The van der Waals surface area contributed by atoms with E-state index in [1.807, 2.05) is 19.9 Å². The lowest BCUT2D eigenvalue weighted by molar-refractivity contribution is -0.00890. The molecule has 0 aliphatic rings. The molecule has 1 aromatic heterocycles. The fourth-order valence-electron chi connectivity index (χ4n) is 0.685. The van der Waals surface area contributed by atoms with E-state index in [0.717, 1.165) is 5.56 Å². The van der Waals surface area contributed by atoms with Gasteiger partial charge in [0.2, 0.25) is 0 Å². The number of furan rings is 1. The summed E-state index contributed by atoms with van der Waals surface area (Å²) >= 11 is 0. The van der Waals surface area contributed by atoms with Gasteiger partial charge in [-0.2, -0.15) is 5.48 Å². The molecular weight excluding hydrogens is 142 g/mol. The van der Waals surface area contributed by atoms with Crippen molar-refractivity contribution in [3.05, 3.63) is 24.2 Å². The van der Waals surface area contributed by atoms with Gasteiger partial charge >= 0.3 is 0 Å². The summed E-state index contributed by atoms with van der Waals surface area (Å²) in [4.78, 5) is 5.12. The Labute approximate surface area is 66.3 Å². The Morgan fingerprint density at radius 1 is 1.64 bits per heavy atom. The Balaban J connectivity index is 2.14. The third kappa shape index (κ3) is 3.20. The zero-order valence-electron chi connectivity index (χ0n) is 6.83. The molecule has 0 saturated carbocycles. The molecule has 0 aromatic carbocycles. The highest BCUT2D eigenvalue weighted by atomic mass is 16.7. The van der Waals surface area contributed by atoms with Crippen LogP contribution in [0.1, 0.15) is 19.4 Å². The Morgan fingerprint density at radius 2 is 2.45 bits per heavy atom. The summed E-state index contributed by atoms with van der Waals surface area (Å²) in [6, 6.07) is 1.90. The van der Waals surface area contributed by atoms with E-state index in [1.54, 1.807) is 12.5 Å². The first-order valence-electron chi connectivity index (χ1n) is 3.68. The molecule has 3 heteroatoms. The van der Waals surface area contributed by atoms with Crippen LogP contribution in [0.3, 0.4) is 0 Å². The topological polar surface area (TPSA) is 34.4 Å². The molecule has 0 spiro atoms. The Kier molecular flexibility index (Phi) is 3.14. The minimum atomic E-state index is 0.210. The highest BCUT2D eigenvalue weighted by Crippen LogP contribution is 1.98. The maximum Gasteiger partial charge on any atom is 0.0948 e. The van der Waals surface area contributed by atoms with E-state index in [4.69, 9.17) is 9.25 Å². The molecule has 0 radical (unpaired) electrons. The predicted octanol–water partition coefficient (Wildman–Crippen LogP) is 1.71. The lowest BCUT2D eigenvalue weighted by atomic mass is 10.3. The zero-order valence-corrected chi connectivity index (χ0v) is 6.83. The van der Waals surface area contributed by atoms with E-state index in [9.17, 15) is 0 Å². The van der Waals surface area contributed by atoms with Crippen molar-refractivity contribution in [1.29, 1.82) is 0 Å². The third-order valence-corrected chi connectivity index (χ3v) is 1.18. The molecule has 0 bridgehead atoms. The Bertz CT molecular complexity index is 182. The van der Waals surface area contributed by atoms with Gasteiger partial charge in [0.1, 0.15) is 0 Å². The van der Waals surface area contributed by atoms with Gasteiger partial charge in [-0.1, -0.05) is 0 Å². The molecule has 1 aromatic rings. The zero-order chi connectivity index (χ0) is 8.10. The fourth-order valence-corrected chi connectivity index (χ4v) is 0.685. The summed E-state index contributed by atoms with van der Waals surface area (Å²) in [6.07, 6.45) is 3.55. The number of nitrogens with one attached hydrogen (secondary N) is 1. The number of hydroxylamine groups is 1. The molecule has 0 aliphatic carbocycles. The molecule has 3 nitrogen and oxygen atoms in total. The van der Waals surface area contributed by atoms with Gasteiger partial charge in [0.25, 0.3) is 0 Å². The van der Waals surface area contributed by atoms with Crippen molar-refractivity contribution in [2.24, 2.45) is 0 Å². The minimum absolute atomic E-state index is 0.210. The third-order valence-electron chi connectivity index (χ3n) is 1.18. The van der Waals surface area contributed by atoms with E-state index in [1.165, 1.54) is 0 Å². The van der Waals surface area contributed by atoms with Crippen molar-refractivity contribution in [3.8, 4) is 0 Å². The highest BCUT2D eigenvalue weighted by molar-refractivity contribution is 5.03. The van der Waals surface area contributed by atoms with E-state index >= 15 is 0 Å². The summed E-state index contributed by atoms with van der Waals surface area (Å²) in [5.41, 5.74) is 3.92. The van der Waals surface area contributed by atoms with Crippen molar-refractivity contribution in [2.45, 2.75) is 26.5 Å². The van der Waals surface area contributed by atoms with E-state index in [2.05, 4.69) is 5.48 Å². The second-order valence-corrected chi connectivity index (χ2v) is 2.62. The fraction of sp³-hybridized carbons (Fsp3) is 0.500. The quantitative estimate of drug-likeness (QED) is 0.672. The maximum atomic E-state index is 5.12. The van der Waals surface area contributed by atoms with Crippen LogP contribution in [0.2, 0.25) is 0 Å². The van der Waals surface area contributed by atoms with Crippen LogP contribution in [0.4, 0.5) is 0 Å². The average Bonchev–Trinajstić information content (AvgIpc) is 2.39. The van der Waals surface area contributed by atoms with Crippen LogP contribution in [-0.4, -0.2) is 6.10 Å². The number of hydrogen-bond acceptors (Lipinski definition) is 3. The van der Waals surface area contributed by atoms with Crippen LogP contribution in [0.25, 0.3) is 0 Å². The van der Waals surface area contributed by atoms with E-state index in [-0.39, 0.29) is 6.10 Å². The first-order valence-corrected chi connectivity index (χ1v) is 3.68. The highest BCUT2D eigenvalue weighted by Gasteiger charge is 1.94. The molecule has 1 N–H and O–H groups in total. The molecule has 1 heterocycles. The van der Waals surface area contributed by atoms with Crippen molar-refractivity contribution in [3.63, 3.8) is 0 Å². The van der Waals surface area contributed by atoms with E-state index in [0.29, 0.717) is 6.54 Å². The summed E-state index contributed by atoms with van der Waals surface area (Å²) < 4.78 is 4.88. The molecule has 1 rings (SSSR count). The molecular formula is C8H13NO2. The molecule has 0 fully saturated rings. The van der Waals surface area contributed by atoms with E-state index < -0.39 is 0 Å². The van der Waals surface area contributed by atoms with Crippen molar-refractivity contribution >= 4 is 0 Å². The molecule has 0 unspecified atom stereocenters. The summed E-state index contributed by atoms with van der Waals surface area (Å²) in [6.45, 7) is 4.64. The van der Waals surface area contributed by atoms with Crippen molar-refractivity contribution in [1.82, 2.24) is 5.48 Å². The first-order chi connectivity index (χ1) is 5.29. The molecule has 0 aliphatic heterocycles. The number of rotatable bonds is 4. The minimum Gasteiger partial charge on any atom is -0.472 e. The van der Waals surface area contributed by atoms with Crippen molar-refractivity contribution < 1.29 is 9.25 Å². The van der Waals surface area contributed by atoms with Crippen LogP contribution in [0.15, 0.2) is 23.0 Å². The first kappa shape index (κ1) is 8.30. The normalized spacial score (nSPS) is 10.8. The molecule has 0 saturated heterocycles. The lowest BCUT2D eigenvalue weighted by Gasteiger charge is -2.06. The maximum absolute atomic E-state index is 5.12. The Hall–Kier alpha value is -0.800. The summed E-state index contributed by atoms with van der Waals surface area (Å²) in [5.74, 6) is 0. The van der Waals surface area contributed by atoms with Gasteiger partial charge in [-0.25, -0.2) is 0 Å². The molecule has 0 atom stereocenters. The monoisotopic (exact) mass is 155 g/mol. The second-order valence-electron chi connectivity index (χ2n) is 2.62. The van der Waals surface area contributed by atoms with Crippen LogP contribution in [0.5, 0.6) is 0 Å². The average molecular weight is 155 g/mol. The van der Waals surface area contributed by atoms with Gasteiger partial charge in [0, 0.05) is 12.1 Å². The molecule has 0 amide bonds. The van der Waals surface area contributed by atoms with Gasteiger partial charge < -0.3 is 4.42 Å². The van der Waals surface area contributed by atoms with Crippen LogP contribution in [0, 0.1) is 0 Å². The predicted molar refractivity (Wildman–Crippen MR) is 41.8 cm³/mol. The van der Waals surface area contributed by atoms with Gasteiger partial charge in [0.05, 0.1) is 18.6 Å². The lowest BCUT2D eigenvalue weighted by Crippen LogP contribution is -2.18. The largest absolute Gasteiger partial charge is 0.472 e. The SMILES string of the molecule is CC(C)ONCc1ccoc1. The molecule has 62 valence electrons. The summed E-state index contributed by atoms with van der Waals surface area (Å²) in [7, 11) is 0. The smallest absolute Gasteiger partial charge is 0.0948 e.